The van der Waals surface area contributed by atoms with Crippen LogP contribution in [0.3, 0.4) is 0 Å². The average molecular weight is 242 g/mol. The van der Waals surface area contributed by atoms with E-state index in [4.69, 9.17) is 0 Å². The number of hydrogen-bond donors (Lipinski definition) is 2. The molecule has 90 valence electrons. The van der Waals surface area contributed by atoms with Crippen molar-refractivity contribution in [3.05, 3.63) is 35.4 Å². The lowest BCUT2D eigenvalue weighted by Gasteiger charge is -2.16. The summed E-state index contributed by atoms with van der Waals surface area (Å²) in [6.07, 6.45) is -4.53. The average Bonchev–Trinajstić information content (AvgIpc) is 2.29. The summed E-state index contributed by atoms with van der Waals surface area (Å²) in [6, 6.07) is 7.17. The molecule has 0 aromatic heterocycles. The van der Waals surface area contributed by atoms with Crippen molar-refractivity contribution >= 4 is 11.7 Å². The van der Waals surface area contributed by atoms with Crippen molar-refractivity contribution in [2.45, 2.75) is 13.1 Å². The van der Waals surface area contributed by atoms with E-state index in [9.17, 15) is 13.2 Å². The molecule has 0 bridgehead atoms. The van der Waals surface area contributed by atoms with Crippen molar-refractivity contribution in [2.75, 3.05) is 0 Å². The van der Waals surface area contributed by atoms with E-state index in [-0.39, 0.29) is 5.84 Å². The number of amidine groups is 2. The van der Waals surface area contributed by atoms with Gasteiger partial charge in [-0.25, -0.2) is 0 Å². The first kappa shape index (κ1) is 11.4. The van der Waals surface area contributed by atoms with E-state index in [1.165, 1.54) is 0 Å². The van der Waals surface area contributed by atoms with E-state index < -0.39 is 12.0 Å². The third-order valence-electron chi connectivity index (χ3n) is 2.14. The van der Waals surface area contributed by atoms with Crippen LogP contribution in [0.25, 0.3) is 0 Å². The van der Waals surface area contributed by atoms with E-state index in [1.54, 1.807) is 12.1 Å². The van der Waals surface area contributed by atoms with Gasteiger partial charge in [-0.15, -0.1) is 5.10 Å². The summed E-state index contributed by atoms with van der Waals surface area (Å²) in [4.78, 5) is 0. The molecule has 1 aromatic rings. The smallest absolute Gasteiger partial charge is 0.257 e. The number of alkyl halides is 3. The van der Waals surface area contributed by atoms with Gasteiger partial charge in [-0.3, -0.25) is 10.9 Å². The Labute approximate surface area is 95.2 Å². The summed E-state index contributed by atoms with van der Waals surface area (Å²) in [6.45, 7) is 1.91. The highest BCUT2D eigenvalue weighted by atomic mass is 19.4. The SMILES string of the molecule is Cc1ccc(C2=NNC(C(F)(F)F)=NN2)cc1. The molecule has 0 unspecified atom stereocenters. The summed E-state index contributed by atoms with van der Waals surface area (Å²) in [5.41, 5.74) is 5.85. The lowest BCUT2D eigenvalue weighted by molar-refractivity contribution is -0.0623. The standard InChI is InChI=1S/C10H9F3N4/c1-6-2-4-7(5-3-6)8-14-16-9(17-15-8)10(11,12)13/h2-5H,1H3,(H,14,15)(H,16,17). The van der Waals surface area contributed by atoms with Gasteiger partial charge in [0, 0.05) is 5.56 Å². The largest absolute Gasteiger partial charge is 0.452 e. The zero-order chi connectivity index (χ0) is 12.5. The van der Waals surface area contributed by atoms with E-state index in [0.717, 1.165) is 5.56 Å². The molecule has 0 saturated carbocycles. The van der Waals surface area contributed by atoms with E-state index in [0.29, 0.717) is 5.56 Å². The van der Waals surface area contributed by atoms with Crippen LogP contribution in [0, 0.1) is 6.92 Å². The molecule has 0 radical (unpaired) electrons. The van der Waals surface area contributed by atoms with E-state index in [1.807, 2.05) is 24.5 Å². The van der Waals surface area contributed by atoms with Crippen molar-refractivity contribution in [2.24, 2.45) is 10.2 Å². The van der Waals surface area contributed by atoms with E-state index in [2.05, 4.69) is 15.6 Å². The van der Waals surface area contributed by atoms with Gasteiger partial charge in [0.15, 0.2) is 5.84 Å². The van der Waals surface area contributed by atoms with Crippen LogP contribution in [0.5, 0.6) is 0 Å². The molecule has 0 amide bonds. The maximum atomic E-state index is 12.2. The molecular formula is C10H9F3N4. The Morgan fingerprint density at radius 3 is 2.12 bits per heavy atom. The second-order valence-corrected chi connectivity index (χ2v) is 3.51. The zero-order valence-corrected chi connectivity index (χ0v) is 8.84. The minimum Gasteiger partial charge on any atom is -0.257 e. The highest BCUT2D eigenvalue weighted by molar-refractivity contribution is 6.02. The Hall–Kier alpha value is -2.05. The van der Waals surface area contributed by atoms with Gasteiger partial charge in [0.1, 0.15) is 0 Å². The molecule has 0 spiro atoms. The highest BCUT2D eigenvalue weighted by Gasteiger charge is 2.37. The molecule has 4 nitrogen and oxygen atoms in total. The van der Waals surface area contributed by atoms with Gasteiger partial charge >= 0.3 is 6.18 Å². The van der Waals surface area contributed by atoms with Gasteiger partial charge in [0.2, 0.25) is 5.84 Å². The molecule has 1 aliphatic heterocycles. The Morgan fingerprint density at radius 1 is 1.00 bits per heavy atom. The van der Waals surface area contributed by atoms with Crippen LogP contribution in [0.2, 0.25) is 0 Å². The molecule has 0 aliphatic carbocycles. The fourth-order valence-corrected chi connectivity index (χ4v) is 1.24. The molecule has 0 fully saturated rings. The van der Waals surface area contributed by atoms with Crippen molar-refractivity contribution in [3.63, 3.8) is 0 Å². The number of hydrazone groups is 2. The fourth-order valence-electron chi connectivity index (χ4n) is 1.24. The summed E-state index contributed by atoms with van der Waals surface area (Å²) in [5, 5.41) is 6.76. The molecule has 1 aromatic carbocycles. The van der Waals surface area contributed by atoms with Gasteiger partial charge in [0.05, 0.1) is 0 Å². The quantitative estimate of drug-likeness (QED) is 0.787. The fraction of sp³-hybridized carbons (Fsp3) is 0.200. The molecule has 0 saturated heterocycles. The lowest BCUT2D eigenvalue weighted by atomic mass is 10.1. The third kappa shape index (κ3) is 2.55. The molecule has 7 heteroatoms. The van der Waals surface area contributed by atoms with Crippen LogP contribution in [0.1, 0.15) is 11.1 Å². The van der Waals surface area contributed by atoms with Crippen molar-refractivity contribution in [1.82, 2.24) is 10.9 Å². The van der Waals surface area contributed by atoms with Crippen LogP contribution in [-0.2, 0) is 0 Å². The molecule has 0 atom stereocenters. The molecule has 2 N–H and O–H groups in total. The first-order valence-corrected chi connectivity index (χ1v) is 4.78. The molecule has 2 rings (SSSR count). The summed E-state index contributed by atoms with van der Waals surface area (Å²) in [5.74, 6) is -0.911. The van der Waals surface area contributed by atoms with Gasteiger partial charge in [-0.2, -0.15) is 18.3 Å². The summed E-state index contributed by atoms with van der Waals surface area (Å²) >= 11 is 0. The Balaban J connectivity index is 2.14. The maximum absolute atomic E-state index is 12.2. The highest BCUT2D eigenvalue weighted by Crippen LogP contribution is 2.16. The minimum atomic E-state index is -4.53. The maximum Gasteiger partial charge on any atom is 0.452 e. The number of halogens is 3. The lowest BCUT2D eigenvalue weighted by Crippen LogP contribution is -2.42. The number of nitrogens with zero attached hydrogens (tertiary/aromatic N) is 2. The van der Waals surface area contributed by atoms with Gasteiger partial charge in [0.25, 0.3) is 0 Å². The summed E-state index contributed by atoms with van der Waals surface area (Å²) in [7, 11) is 0. The van der Waals surface area contributed by atoms with Gasteiger partial charge in [-0.05, 0) is 6.92 Å². The number of aryl methyl sites for hydroxylation is 1. The van der Waals surface area contributed by atoms with Crippen molar-refractivity contribution < 1.29 is 13.2 Å². The topological polar surface area (TPSA) is 48.8 Å². The Morgan fingerprint density at radius 2 is 1.65 bits per heavy atom. The predicted octanol–water partition coefficient (Wildman–Crippen LogP) is 1.73. The molecule has 17 heavy (non-hydrogen) atoms. The zero-order valence-electron chi connectivity index (χ0n) is 8.84. The first-order valence-electron chi connectivity index (χ1n) is 4.78. The molecule has 1 heterocycles. The third-order valence-corrected chi connectivity index (χ3v) is 2.14. The van der Waals surface area contributed by atoms with Crippen LogP contribution in [-0.4, -0.2) is 17.8 Å². The normalized spacial score (nSPS) is 15.5. The second-order valence-electron chi connectivity index (χ2n) is 3.51. The van der Waals surface area contributed by atoms with Crippen LogP contribution >= 0.6 is 0 Å². The first-order chi connectivity index (χ1) is 7.97. The van der Waals surface area contributed by atoms with Crippen LogP contribution in [0.15, 0.2) is 34.5 Å². The summed E-state index contributed by atoms with van der Waals surface area (Å²) < 4.78 is 36.7. The minimum absolute atomic E-state index is 0.248. The van der Waals surface area contributed by atoms with E-state index >= 15 is 0 Å². The van der Waals surface area contributed by atoms with Crippen molar-refractivity contribution in [1.29, 1.82) is 0 Å². The molecular weight excluding hydrogens is 233 g/mol. The van der Waals surface area contributed by atoms with Crippen LogP contribution in [0.4, 0.5) is 13.2 Å². The molecule has 1 aliphatic rings. The Kier molecular flexibility index (Phi) is 2.74. The van der Waals surface area contributed by atoms with Gasteiger partial charge in [-0.1, -0.05) is 29.8 Å². The number of hydrogen-bond acceptors (Lipinski definition) is 4. The van der Waals surface area contributed by atoms with Gasteiger partial charge < -0.3 is 0 Å². The number of rotatable bonds is 1. The number of benzene rings is 1. The number of nitrogens with one attached hydrogen (secondary N) is 2. The predicted molar refractivity (Wildman–Crippen MR) is 57.5 cm³/mol. The monoisotopic (exact) mass is 242 g/mol. The van der Waals surface area contributed by atoms with Crippen LogP contribution < -0.4 is 10.9 Å². The van der Waals surface area contributed by atoms with Crippen molar-refractivity contribution in [3.8, 4) is 0 Å². The second kappa shape index (κ2) is 4.08. The Bertz CT molecular complexity index is 473.